The van der Waals surface area contributed by atoms with Gasteiger partial charge < -0.3 is 11.1 Å². The quantitative estimate of drug-likeness (QED) is 0.791. The molecule has 0 amide bonds. The fraction of sp³-hybridized carbons (Fsp3) is 0.538. The maximum absolute atomic E-state index is 5.98. The molecule has 2 nitrogen and oxygen atoms in total. The molecule has 3 N–H and O–H groups in total. The predicted octanol–water partition coefficient (Wildman–Crippen LogP) is 3.27. The zero-order valence-corrected chi connectivity index (χ0v) is 10.9. The van der Waals surface area contributed by atoms with Crippen LogP contribution in [0.5, 0.6) is 0 Å². The Morgan fingerprint density at radius 3 is 2.94 bits per heavy atom. The molecule has 1 saturated heterocycles. The number of thioether (sulfide) groups is 1. The fourth-order valence-electron chi connectivity index (χ4n) is 2.10. The summed E-state index contributed by atoms with van der Waals surface area (Å²) >= 11 is 2.07. The number of nitrogen functional groups attached to an aromatic ring is 1. The molecule has 0 saturated carbocycles. The van der Waals surface area contributed by atoms with Gasteiger partial charge in [0.25, 0.3) is 0 Å². The molecule has 1 heterocycles. The number of aryl methyl sites for hydroxylation is 1. The van der Waals surface area contributed by atoms with Crippen LogP contribution in [0, 0.1) is 6.92 Å². The smallest absolute Gasteiger partial charge is 0.0574 e. The lowest BCUT2D eigenvalue weighted by atomic mass is 10.1. The van der Waals surface area contributed by atoms with Gasteiger partial charge in [-0.3, -0.25) is 0 Å². The average molecular weight is 236 g/mol. The lowest BCUT2D eigenvalue weighted by molar-refractivity contribution is 0.635. The Hall–Kier alpha value is -0.830. The topological polar surface area (TPSA) is 38.0 Å². The second kappa shape index (κ2) is 4.58. The molecule has 1 aromatic carbocycles. The molecule has 0 spiro atoms. The van der Waals surface area contributed by atoms with Gasteiger partial charge in [-0.15, -0.1) is 0 Å². The lowest BCUT2D eigenvalue weighted by Gasteiger charge is -2.24. The van der Waals surface area contributed by atoms with Gasteiger partial charge in [-0.2, -0.15) is 11.8 Å². The minimum atomic E-state index is 0.386. The molecule has 0 radical (unpaired) electrons. The molecule has 3 heteroatoms. The Bertz CT molecular complexity index is 370. The van der Waals surface area contributed by atoms with Crippen molar-refractivity contribution in [2.75, 3.05) is 23.3 Å². The normalized spacial score (nSPS) is 24.6. The highest BCUT2D eigenvalue weighted by Gasteiger charge is 2.29. The highest BCUT2D eigenvalue weighted by Crippen LogP contribution is 2.38. The summed E-state index contributed by atoms with van der Waals surface area (Å²) in [7, 11) is 0. The summed E-state index contributed by atoms with van der Waals surface area (Å²) in [6.45, 7) is 5.40. The second-order valence-electron chi connectivity index (χ2n) is 4.85. The van der Waals surface area contributed by atoms with Crippen molar-refractivity contribution in [2.24, 2.45) is 0 Å². The Balaban J connectivity index is 1.99. The van der Waals surface area contributed by atoms with Crippen LogP contribution in [0.15, 0.2) is 18.2 Å². The maximum Gasteiger partial charge on any atom is 0.0574 e. The van der Waals surface area contributed by atoms with E-state index in [0.717, 1.165) is 17.9 Å². The van der Waals surface area contributed by atoms with Crippen LogP contribution in [-0.4, -0.2) is 17.0 Å². The Kier molecular flexibility index (Phi) is 3.33. The van der Waals surface area contributed by atoms with Crippen molar-refractivity contribution in [1.29, 1.82) is 0 Å². The molecule has 1 atom stereocenters. The van der Waals surface area contributed by atoms with Crippen LogP contribution in [0.25, 0.3) is 0 Å². The van der Waals surface area contributed by atoms with Gasteiger partial charge in [0.05, 0.1) is 11.4 Å². The van der Waals surface area contributed by atoms with Crippen molar-refractivity contribution in [3.63, 3.8) is 0 Å². The lowest BCUT2D eigenvalue weighted by Crippen LogP contribution is -2.27. The third kappa shape index (κ3) is 2.64. The van der Waals surface area contributed by atoms with Gasteiger partial charge in [0.15, 0.2) is 0 Å². The zero-order chi connectivity index (χ0) is 11.6. The monoisotopic (exact) mass is 236 g/mol. The van der Waals surface area contributed by atoms with Crippen LogP contribution in [-0.2, 0) is 0 Å². The molecule has 16 heavy (non-hydrogen) atoms. The van der Waals surface area contributed by atoms with Crippen LogP contribution < -0.4 is 11.1 Å². The standard InChI is InChI=1S/C13H20N2S/c1-10-4-5-12(11(14)8-10)15-9-13(2)6-3-7-16-13/h4-5,8,15H,3,6-7,9,14H2,1-2H3. The summed E-state index contributed by atoms with van der Waals surface area (Å²) in [6.07, 6.45) is 2.64. The van der Waals surface area contributed by atoms with Gasteiger partial charge in [-0.1, -0.05) is 6.07 Å². The molecule has 1 unspecified atom stereocenters. The molecule has 0 aliphatic carbocycles. The van der Waals surface area contributed by atoms with E-state index < -0.39 is 0 Å². The van der Waals surface area contributed by atoms with Gasteiger partial charge in [-0.05, 0) is 50.1 Å². The summed E-state index contributed by atoms with van der Waals surface area (Å²) in [5.74, 6) is 1.29. The Labute approximate surface area is 102 Å². The van der Waals surface area contributed by atoms with Crippen molar-refractivity contribution in [3.05, 3.63) is 23.8 Å². The van der Waals surface area contributed by atoms with Gasteiger partial charge in [0.1, 0.15) is 0 Å². The minimum absolute atomic E-state index is 0.386. The van der Waals surface area contributed by atoms with Crippen LogP contribution in [0.3, 0.4) is 0 Å². The van der Waals surface area contributed by atoms with Crippen molar-refractivity contribution in [2.45, 2.75) is 31.4 Å². The number of hydrogen-bond acceptors (Lipinski definition) is 3. The molecule has 0 aromatic heterocycles. The molecule has 0 bridgehead atoms. The van der Waals surface area contributed by atoms with E-state index in [2.05, 4.69) is 43.1 Å². The first kappa shape index (κ1) is 11.6. The van der Waals surface area contributed by atoms with E-state index in [9.17, 15) is 0 Å². The number of benzene rings is 1. The van der Waals surface area contributed by atoms with E-state index in [4.69, 9.17) is 5.73 Å². The SMILES string of the molecule is Cc1ccc(NCC2(C)CCCS2)c(N)c1. The van der Waals surface area contributed by atoms with E-state index >= 15 is 0 Å². The fourth-order valence-corrected chi connectivity index (χ4v) is 3.35. The summed E-state index contributed by atoms with van der Waals surface area (Å²) in [5, 5.41) is 3.48. The molecule has 2 rings (SSSR count). The van der Waals surface area contributed by atoms with Gasteiger partial charge in [0.2, 0.25) is 0 Å². The molecule has 1 aliphatic heterocycles. The number of nitrogens with one attached hydrogen (secondary N) is 1. The molecule has 88 valence electrons. The van der Waals surface area contributed by atoms with E-state index in [1.807, 2.05) is 6.07 Å². The van der Waals surface area contributed by atoms with Crippen molar-refractivity contribution < 1.29 is 0 Å². The molecular weight excluding hydrogens is 216 g/mol. The average Bonchev–Trinajstić information content (AvgIpc) is 2.64. The zero-order valence-electron chi connectivity index (χ0n) is 10.0. The second-order valence-corrected chi connectivity index (χ2v) is 6.53. The Morgan fingerprint density at radius 2 is 2.31 bits per heavy atom. The number of hydrogen-bond donors (Lipinski definition) is 2. The first-order valence-electron chi connectivity index (χ1n) is 5.83. The van der Waals surface area contributed by atoms with Crippen molar-refractivity contribution in [3.8, 4) is 0 Å². The molecule has 1 aliphatic rings. The van der Waals surface area contributed by atoms with Crippen LogP contribution in [0.1, 0.15) is 25.3 Å². The minimum Gasteiger partial charge on any atom is -0.397 e. The predicted molar refractivity (Wildman–Crippen MR) is 74.2 cm³/mol. The third-order valence-corrected chi connectivity index (χ3v) is 4.70. The van der Waals surface area contributed by atoms with Crippen LogP contribution in [0.4, 0.5) is 11.4 Å². The van der Waals surface area contributed by atoms with E-state index in [-0.39, 0.29) is 0 Å². The van der Waals surface area contributed by atoms with E-state index in [1.165, 1.54) is 24.2 Å². The van der Waals surface area contributed by atoms with Crippen molar-refractivity contribution in [1.82, 2.24) is 0 Å². The van der Waals surface area contributed by atoms with Gasteiger partial charge >= 0.3 is 0 Å². The maximum atomic E-state index is 5.98. The van der Waals surface area contributed by atoms with Crippen molar-refractivity contribution >= 4 is 23.1 Å². The summed E-state index contributed by atoms with van der Waals surface area (Å²) in [5.41, 5.74) is 9.11. The molecular formula is C13H20N2S. The largest absolute Gasteiger partial charge is 0.397 e. The van der Waals surface area contributed by atoms with Gasteiger partial charge in [0, 0.05) is 11.3 Å². The highest BCUT2D eigenvalue weighted by molar-refractivity contribution is 8.00. The van der Waals surface area contributed by atoms with Crippen LogP contribution >= 0.6 is 11.8 Å². The Morgan fingerprint density at radius 1 is 1.50 bits per heavy atom. The van der Waals surface area contributed by atoms with Gasteiger partial charge in [-0.25, -0.2) is 0 Å². The highest BCUT2D eigenvalue weighted by atomic mass is 32.2. The summed E-state index contributed by atoms with van der Waals surface area (Å²) in [4.78, 5) is 0. The van der Waals surface area contributed by atoms with Crippen LogP contribution in [0.2, 0.25) is 0 Å². The number of nitrogens with two attached hydrogens (primary N) is 1. The first-order chi connectivity index (χ1) is 7.59. The molecule has 1 aromatic rings. The summed E-state index contributed by atoms with van der Waals surface area (Å²) < 4.78 is 0.386. The summed E-state index contributed by atoms with van der Waals surface area (Å²) in [6, 6.07) is 6.20. The third-order valence-electron chi connectivity index (χ3n) is 3.16. The number of rotatable bonds is 3. The first-order valence-corrected chi connectivity index (χ1v) is 6.82. The molecule has 1 fully saturated rings. The van der Waals surface area contributed by atoms with E-state index in [1.54, 1.807) is 0 Å². The van der Waals surface area contributed by atoms with E-state index in [0.29, 0.717) is 4.75 Å². The number of anilines is 2.